The lowest BCUT2D eigenvalue weighted by Gasteiger charge is -2.31. The molecule has 2 N–H and O–H groups in total. The highest BCUT2D eigenvalue weighted by Gasteiger charge is 2.25. The fourth-order valence-electron chi connectivity index (χ4n) is 3.82. The lowest BCUT2D eigenvalue weighted by Crippen LogP contribution is -2.35. The zero-order valence-corrected chi connectivity index (χ0v) is 15.6. The Bertz CT molecular complexity index is 870. The molecular weight excluding hydrogens is 356 g/mol. The van der Waals surface area contributed by atoms with Crippen molar-refractivity contribution in [1.82, 2.24) is 15.5 Å². The van der Waals surface area contributed by atoms with Gasteiger partial charge in [0.25, 0.3) is 5.89 Å². The SMILES string of the molecule is O=C(CN[C@@H](c1ccccc1)C1CCCCC1)Nc1nnc(-c2ccco2)o1. The molecule has 1 fully saturated rings. The Balaban J connectivity index is 1.37. The van der Waals surface area contributed by atoms with Gasteiger partial charge in [0.05, 0.1) is 12.8 Å². The fraction of sp³-hybridized carbons (Fsp3) is 0.381. The van der Waals surface area contributed by atoms with Crippen LogP contribution in [-0.4, -0.2) is 22.6 Å². The Kier molecular flexibility index (Phi) is 5.82. The Morgan fingerprint density at radius 2 is 1.89 bits per heavy atom. The molecular formula is C21H24N4O3. The van der Waals surface area contributed by atoms with Gasteiger partial charge in [0.2, 0.25) is 5.91 Å². The summed E-state index contributed by atoms with van der Waals surface area (Å²) >= 11 is 0. The minimum absolute atomic E-state index is 0.0622. The van der Waals surface area contributed by atoms with Crippen LogP contribution in [0.1, 0.15) is 43.7 Å². The van der Waals surface area contributed by atoms with Gasteiger partial charge < -0.3 is 14.2 Å². The number of anilines is 1. The average molecular weight is 380 g/mol. The molecule has 1 aliphatic carbocycles. The maximum absolute atomic E-state index is 12.4. The third-order valence-electron chi connectivity index (χ3n) is 5.17. The second-order valence-corrected chi connectivity index (χ2v) is 7.11. The number of furan rings is 1. The molecule has 7 nitrogen and oxygen atoms in total. The predicted octanol–water partition coefficient (Wildman–Crippen LogP) is 4.18. The van der Waals surface area contributed by atoms with Crippen molar-refractivity contribution in [3.05, 3.63) is 54.3 Å². The molecule has 1 aliphatic rings. The molecule has 1 amide bonds. The highest BCUT2D eigenvalue weighted by molar-refractivity contribution is 5.90. The van der Waals surface area contributed by atoms with Gasteiger partial charge >= 0.3 is 6.01 Å². The molecule has 0 aliphatic heterocycles. The molecule has 2 heterocycles. The van der Waals surface area contributed by atoms with E-state index >= 15 is 0 Å². The summed E-state index contributed by atoms with van der Waals surface area (Å²) in [5.74, 6) is 1.02. The maximum atomic E-state index is 12.4. The van der Waals surface area contributed by atoms with Crippen LogP contribution >= 0.6 is 0 Å². The second-order valence-electron chi connectivity index (χ2n) is 7.11. The van der Waals surface area contributed by atoms with Gasteiger partial charge in [0, 0.05) is 6.04 Å². The first-order chi connectivity index (χ1) is 13.8. The quantitative estimate of drug-likeness (QED) is 0.639. The van der Waals surface area contributed by atoms with Crippen molar-refractivity contribution in [3.8, 4) is 11.7 Å². The minimum atomic E-state index is -0.216. The molecule has 0 spiro atoms. The van der Waals surface area contributed by atoms with E-state index in [2.05, 4.69) is 33.0 Å². The van der Waals surface area contributed by atoms with Gasteiger partial charge in [-0.2, -0.15) is 0 Å². The largest absolute Gasteiger partial charge is 0.459 e. The lowest BCUT2D eigenvalue weighted by atomic mass is 9.81. The van der Waals surface area contributed by atoms with E-state index in [-0.39, 0.29) is 30.4 Å². The van der Waals surface area contributed by atoms with Crippen LogP contribution in [0.2, 0.25) is 0 Å². The minimum Gasteiger partial charge on any atom is -0.459 e. The van der Waals surface area contributed by atoms with E-state index in [4.69, 9.17) is 8.83 Å². The monoisotopic (exact) mass is 380 g/mol. The number of carbonyl (C=O) groups is 1. The van der Waals surface area contributed by atoms with Crippen molar-refractivity contribution in [2.75, 3.05) is 11.9 Å². The molecule has 7 heteroatoms. The standard InChI is InChI=1S/C21H24N4O3/c26-18(23-21-25-24-20(28-21)17-12-7-13-27-17)14-22-19(15-8-3-1-4-9-15)16-10-5-2-6-11-16/h1,3-4,7-9,12-13,16,19,22H,2,5-6,10-11,14H2,(H,23,25,26)/t19-/m0/s1. The van der Waals surface area contributed by atoms with Crippen molar-refractivity contribution in [2.45, 2.75) is 38.1 Å². The van der Waals surface area contributed by atoms with E-state index in [1.54, 1.807) is 12.1 Å². The number of hydrogen-bond donors (Lipinski definition) is 2. The van der Waals surface area contributed by atoms with E-state index in [9.17, 15) is 4.79 Å². The number of benzene rings is 1. The molecule has 28 heavy (non-hydrogen) atoms. The summed E-state index contributed by atoms with van der Waals surface area (Å²) in [4.78, 5) is 12.4. The number of nitrogens with one attached hydrogen (secondary N) is 2. The zero-order valence-electron chi connectivity index (χ0n) is 15.6. The van der Waals surface area contributed by atoms with E-state index in [1.807, 2.05) is 18.2 Å². The predicted molar refractivity (Wildman–Crippen MR) is 104 cm³/mol. The van der Waals surface area contributed by atoms with Gasteiger partial charge in [0.15, 0.2) is 5.76 Å². The first kappa shape index (κ1) is 18.4. The number of nitrogens with zero attached hydrogens (tertiary/aromatic N) is 2. The summed E-state index contributed by atoms with van der Waals surface area (Å²) < 4.78 is 10.6. The highest BCUT2D eigenvalue weighted by atomic mass is 16.4. The summed E-state index contributed by atoms with van der Waals surface area (Å²) in [7, 11) is 0. The molecule has 1 saturated carbocycles. The molecule has 1 aromatic carbocycles. The average Bonchev–Trinajstić information content (AvgIpc) is 3.42. The third kappa shape index (κ3) is 4.48. The van der Waals surface area contributed by atoms with Gasteiger partial charge in [-0.3, -0.25) is 10.1 Å². The van der Waals surface area contributed by atoms with Crippen LogP contribution in [0.15, 0.2) is 57.6 Å². The number of rotatable bonds is 7. The third-order valence-corrected chi connectivity index (χ3v) is 5.17. The number of hydrogen-bond acceptors (Lipinski definition) is 6. The van der Waals surface area contributed by atoms with Gasteiger partial charge in [-0.25, -0.2) is 0 Å². The van der Waals surface area contributed by atoms with Crippen LogP contribution < -0.4 is 10.6 Å². The van der Waals surface area contributed by atoms with Gasteiger partial charge in [-0.15, -0.1) is 5.10 Å². The van der Waals surface area contributed by atoms with Crippen LogP contribution in [0.3, 0.4) is 0 Å². The molecule has 146 valence electrons. The van der Waals surface area contributed by atoms with Crippen molar-refractivity contribution in [3.63, 3.8) is 0 Å². The smallest absolute Gasteiger partial charge is 0.322 e. The molecule has 4 rings (SSSR count). The number of aromatic nitrogens is 2. The van der Waals surface area contributed by atoms with Crippen molar-refractivity contribution in [2.24, 2.45) is 5.92 Å². The van der Waals surface area contributed by atoms with E-state index in [0.717, 1.165) is 0 Å². The first-order valence-corrected chi connectivity index (χ1v) is 9.75. The Hall–Kier alpha value is -2.93. The normalized spacial score (nSPS) is 16.0. The number of carbonyl (C=O) groups excluding carboxylic acids is 1. The maximum Gasteiger partial charge on any atom is 0.322 e. The topological polar surface area (TPSA) is 93.2 Å². The molecule has 2 aromatic heterocycles. The van der Waals surface area contributed by atoms with Crippen LogP contribution in [0.5, 0.6) is 0 Å². The molecule has 0 bridgehead atoms. The van der Waals surface area contributed by atoms with Crippen LogP contribution in [0.25, 0.3) is 11.7 Å². The summed E-state index contributed by atoms with van der Waals surface area (Å²) in [5, 5.41) is 13.8. The summed E-state index contributed by atoms with van der Waals surface area (Å²) in [5.41, 5.74) is 1.22. The summed E-state index contributed by atoms with van der Waals surface area (Å²) in [6.07, 6.45) is 7.69. The van der Waals surface area contributed by atoms with Crippen LogP contribution in [-0.2, 0) is 4.79 Å². The molecule has 0 saturated heterocycles. The molecule has 1 atom stereocenters. The molecule has 0 radical (unpaired) electrons. The van der Waals surface area contributed by atoms with Gasteiger partial charge in [0.1, 0.15) is 0 Å². The van der Waals surface area contributed by atoms with Crippen molar-refractivity contribution in [1.29, 1.82) is 0 Å². The summed E-state index contributed by atoms with van der Waals surface area (Å²) in [6, 6.07) is 14.0. The van der Waals surface area contributed by atoms with Gasteiger partial charge in [-0.05, 0) is 36.5 Å². The second kappa shape index (κ2) is 8.84. The first-order valence-electron chi connectivity index (χ1n) is 9.75. The Morgan fingerprint density at radius 1 is 1.07 bits per heavy atom. The van der Waals surface area contributed by atoms with Gasteiger partial charge in [-0.1, -0.05) is 54.7 Å². The van der Waals surface area contributed by atoms with Crippen molar-refractivity contribution < 1.29 is 13.6 Å². The van der Waals surface area contributed by atoms with E-state index in [0.29, 0.717) is 11.7 Å². The zero-order chi connectivity index (χ0) is 19.2. The molecule has 3 aromatic rings. The Morgan fingerprint density at radius 3 is 2.64 bits per heavy atom. The molecule has 0 unspecified atom stereocenters. The van der Waals surface area contributed by atoms with E-state index in [1.165, 1.54) is 43.9 Å². The lowest BCUT2D eigenvalue weighted by molar-refractivity contribution is -0.115. The van der Waals surface area contributed by atoms with E-state index < -0.39 is 0 Å². The van der Waals surface area contributed by atoms with Crippen LogP contribution in [0.4, 0.5) is 6.01 Å². The highest BCUT2D eigenvalue weighted by Crippen LogP contribution is 2.34. The Labute approximate surface area is 163 Å². The number of amides is 1. The fourth-order valence-corrected chi connectivity index (χ4v) is 3.82. The van der Waals surface area contributed by atoms with Crippen molar-refractivity contribution >= 4 is 11.9 Å². The van der Waals surface area contributed by atoms with Crippen LogP contribution in [0, 0.1) is 5.92 Å². The summed E-state index contributed by atoms with van der Waals surface area (Å²) in [6.45, 7) is 0.175.